The van der Waals surface area contributed by atoms with Gasteiger partial charge in [0, 0.05) is 13.5 Å². The fourth-order valence-corrected chi connectivity index (χ4v) is 1.11. The molecule has 1 heterocycles. The monoisotopic (exact) mass is 213 g/mol. The van der Waals surface area contributed by atoms with Gasteiger partial charge in [0.1, 0.15) is 5.69 Å². The third-order valence-electron chi connectivity index (χ3n) is 1.73. The molecule has 0 atom stereocenters. The van der Waals surface area contributed by atoms with Gasteiger partial charge >= 0.3 is 5.69 Å². The molecule has 0 aliphatic heterocycles. The topological polar surface area (TPSA) is 130 Å². The number of nitrogens with two attached hydrogens (primary N) is 2. The Bertz CT molecular complexity index is 381. The van der Waals surface area contributed by atoms with E-state index in [1.54, 1.807) is 0 Å². The molecule has 0 aliphatic rings. The van der Waals surface area contributed by atoms with Crippen molar-refractivity contribution in [3.63, 3.8) is 0 Å². The molecular formula is C7H11N5O3. The predicted molar refractivity (Wildman–Crippen MR) is 53.1 cm³/mol. The zero-order valence-corrected chi connectivity index (χ0v) is 8.14. The normalized spacial score (nSPS) is 10.2. The van der Waals surface area contributed by atoms with Crippen molar-refractivity contribution in [2.45, 2.75) is 6.42 Å². The Labute approximate surface area is 85.4 Å². The zero-order valence-electron chi connectivity index (χ0n) is 8.14. The second-order valence-electron chi connectivity index (χ2n) is 2.76. The van der Waals surface area contributed by atoms with Crippen molar-refractivity contribution >= 4 is 17.5 Å². The van der Waals surface area contributed by atoms with Crippen molar-refractivity contribution in [1.82, 2.24) is 9.97 Å². The summed E-state index contributed by atoms with van der Waals surface area (Å²) in [5, 5.41) is 10.7. The molecule has 0 aliphatic carbocycles. The summed E-state index contributed by atoms with van der Waals surface area (Å²) in [5.41, 5.74) is 10.6. The van der Waals surface area contributed by atoms with Crippen LogP contribution in [0.5, 0.6) is 0 Å². The number of nitrogens with zero attached hydrogens (tertiary/aromatic N) is 3. The van der Waals surface area contributed by atoms with Gasteiger partial charge in [-0.2, -0.15) is 4.98 Å². The van der Waals surface area contributed by atoms with Crippen LogP contribution in [-0.4, -0.2) is 28.6 Å². The number of ether oxygens (including phenoxy) is 1. The first-order valence-corrected chi connectivity index (χ1v) is 4.11. The summed E-state index contributed by atoms with van der Waals surface area (Å²) in [6.07, 6.45) is 0.268. The lowest BCUT2D eigenvalue weighted by Crippen LogP contribution is -2.10. The van der Waals surface area contributed by atoms with Crippen molar-refractivity contribution in [2.24, 2.45) is 0 Å². The molecule has 1 aromatic heterocycles. The largest absolute Gasteiger partial charge is 0.384 e. The lowest BCUT2D eigenvalue weighted by atomic mass is 10.2. The average molecular weight is 213 g/mol. The van der Waals surface area contributed by atoms with Crippen LogP contribution in [0.2, 0.25) is 0 Å². The number of rotatable bonds is 4. The average Bonchev–Trinajstić information content (AvgIpc) is 2.12. The predicted octanol–water partition coefficient (Wildman–Crippen LogP) is -0.262. The molecule has 0 aromatic carbocycles. The van der Waals surface area contributed by atoms with Gasteiger partial charge in [-0.25, -0.2) is 4.98 Å². The molecular weight excluding hydrogens is 202 g/mol. The molecule has 0 saturated heterocycles. The smallest absolute Gasteiger partial charge is 0.332 e. The molecule has 15 heavy (non-hydrogen) atoms. The molecule has 1 aromatic rings. The van der Waals surface area contributed by atoms with Gasteiger partial charge in [-0.15, -0.1) is 0 Å². The Kier molecular flexibility index (Phi) is 3.34. The Balaban J connectivity index is 3.14. The van der Waals surface area contributed by atoms with Crippen LogP contribution in [0, 0.1) is 10.1 Å². The van der Waals surface area contributed by atoms with E-state index >= 15 is 0 Å². The minimum atomic E-state index is -0.625. The third-order valence-corrected chi connectivity index (χ3v) is 1.73. The van der Waals surface area contributed by atoms with E-state index in [4.69, 9.17) is 16.2 Å². The first-order chi connectivity index (χ1) is 7.06. The second-order valence-corrected chi connectivity index (χ2v) is 2.76. The number of methoxy groups -OCH3 is 1. The highest BCUT2D eigenvalue weighted by molar-refractivity contribution is 5.57. The van der Waals surface area contributed by atoms with E-state index < -0.39 is 4.92 Å². The first-order valence-electron chi connectivity index (χ1n) is 4.11. The van der Waals surface area contributed by atoms with Crippen LogP contribution in [0.4, 0.5) is 17.5 Å². The summed E-state index contributed by atoms with van der Waals surface area (Å²) in [6.45, 7) is 0.302. The highest BCUT2D eigenvalue weighted by Crippen LogP contribution is 2.23. The second kappa shape index (κ2) is 4.51. The van der Waals surface area contributed by atoms with Gasteiger partial charge in [0.2, 0.25) is 11.8 Å². The maximum Gasteiger partial charge on any atom is 0.332 e. The minimum Gasteiger partial charge on any atom is -0.384 e. The Hall–Kier alpha value is -1.96. The number of anilines is 2. The van der Waals surface area contributed by atoms with Crippen LogP contribution in [-0.2, 0) is 11.2 Å². The summed E-state index contributed by atoms with van der Waals surface area (Å²) < 4.78 is 4.80. The lowest BCUT2D eigenvalue weighted by Gasteiger charge is -2.04. The molecule has 4 N–H and O–H groups in total. The summed E-state index contributed by atoms with van der Waals surface area (Å²) in [4.78, 5) is 17.3. The quantitative estimate of drug-likeness (QED) is 0.520. The van der Waals surface area contributed by atoms with E-state index in [0.29, 0.717) is 6.61 Å². The summed E-state index contributed by atoms with van der Waals surface area (Å²) in [5.74, 6) is -0.303. The molecule has 0 fully saturated rings. The molecule has 82 valence electrons. The molecule has 0 unspecified atom stereocenters. The van der Waals surface area contributed by atoms with Crippen molar-refractivity contribution < 1.29 is 9.66 Å². The van der Waals surface area contributed by atoms with Crippen molar-refractivity contribution in [3.8, 4) is 0 Å². The van der Waals surface area contributed by atoms with Gasteiger partial charge in [0.05, 0.1) is 11.5 Å². The van der Waals surface area contributed by atoms with E-state index in [1.807, 2.05) is 0 Å². The molecule has 0 bridgehead atoms. The summed E-state index contributed by atoms with van der Waals surface area (Å²) >= 11 is 0. The summed E-state index contributed by atoms with van der Waals surface area (Å²) in [6, 6.07) is 0. The number of nitro groups is 1. The van der Waals surface area contributed by atoms with Crippen LogP contribution in [0.15, 0.2) is 0 Å². The maximum absolute atomic E-state index is 10.7. The molecule has 8 nitrogen and oxygen atoms in total. The van der Waals surface area contributed by atoms with E-state index in [-0.39, 0.29) is 29.6 Å². The Morgan fingerprint density at radius 2 is 2.13 bits per heavy atom. The van der Waals surface area contributed by atoms with E-state index in [2.05, 4.69) is 9.97 Å². The highest BCUT2D eigenvalue weighted by atomic mass is 16.6. The molecule has 0 saturated carbocycles. The Morgan fingerprint density at radius 1 is 1.47 bits per heavy atom. The molecule has 8 heteroatoms. The summed E-state index contributed by atoms with van der Waals surface area (Å²) in [7, 11) is 1.49. The van der Waals surface area contributed by atoms with Crippen LogP contribution in [0.3, 0.4) is 0 Å². The van der Waals surface area contributed by atoms with Gasteiger partial charge < -0.3 is 16.2 Å². The number of hydrogen-bond donors (Lipinski definition) is 2. The number of nitrogen functional groups attached to an aromatic ring is 2. The van der Waals surface area contributed by atoms with Crippen molar-refractivity contribution in [2.75, 3.05) is 25.2 Å². The van der Waals surface area contributed by atoms with Gasteiger partial charge in [-0.3, -0.25) is 10.1 Å². The zero-order chi connectivity index (χ0) is 11.4. The van der Waals surface area contributed by atoms with E-state index in [0.717, 1.165) is 0 Å². The fraction of sp³-hybridized carbons (Fsp3) is 0.429. The van der Waals surface area contributed by atoms with Gasteiger partial charge in [0.15, 0.2) is 0 Å². The van der Waals surface area contributed by atoms with Gasteiger partial charge in [0.25, 0.3) is 0 Å². The molecule has 0 radical (unpaired) electrons. The number of aromatic nitrogens is 2. The molecule has 0 spiro atoms. The van der Waals surface area contributed by atoms with Crippen molar-refractivity contribution in [1.29, 1.82) is 0 Å². The van der Waals surface area contributed by atoms with Gasteiger partial charge in [-0.1, -0.05) is 0 Å². The fourth-order valence-electron chi connectivity index (χ4n) is 1.11. The minimum absolute atomic E-state index is 0.0794. The van der Waals surface area contributed by atoms with Crippen LogP contribution in [0.25, 0.3) is 0 Å². The molecule has 1 rings (SSSR count). The first kappa shape index (κ1) is 11.1. The maximum atomic E-state index is 10.7. The van der Waals surface area contributed by atoms with Crippen LogP contribution in [0.1, 0.15) is 5.69 Å². The molecule has 0 amide bonds. The number of hydrogen-bond acceptors (Lipinski definition) is 7. The van der Waals surface area contributed by atoms with Gasteiger partial charge in [-0.05, 0) is 0 Å². The lowest BCUT2D eigenvalue weighted by molar-refractivity contribution is -0.385. The standard InChI is InChI=1S/C7H11N5O3/c1-15-3-2-4-5(12(13)14)6(8)11-7(9)10-4/h2-3H2,1H3,(H4,8,9,10,11). The van der Waals surface area contributed by atoms with Crippen LogP contribution >= 0.6 is 0 Å². The Morgan fingerprint density at radius 3 is 2.67 bits per heavy atom. The highest BCUT2D eigenvalue weighted by Gasteiger charge is 2.21. The SMILES string of the molecule is COCCc1nc(N)nc(N)c1[N+](=O)[O-]. The third kappa shape index (κ3) is 2.50. The van der Waals surface area contributed by atoms with E-state index in [9.17, 15) is 10.1 Å². The van der Waals surface area contributed by atoms with Crippen molar-refractivity contribution in [3.05, 3.63) is 15.8 Å². The van der Waals surface area contributed by atoms with Crippen LogP contribution < -0.4 is 11.5 Å². The van der Waals surface area contributed by atoms with E-state index in [1.165, 1.54) is 7.11 Å².